The molecule has 4 heterocycles. The van der Waals surface area contributed by atoms with E-state index in [1.807, 2.05) is 11.9 Å². The molecule has 0 unspecified atom stereocenters. The number of rotatable bonds is 5. The van der Waals surface area contributed by atoms with Gasteiger partial charge in [0.1, 0.15) is 12.0 Å². The number of amides is 1. The number of carbonyl (C=O) groups is 1. The summed E-state index contributed by atoms with van der Waals surface area (Å²) in [6.07, 6.45) is 3.07. The van der Waals surface area contributed by atoms with Gasteiger partial charge in [0.25, 0.3) is 5.91 Å². The van der Waals surface area contributed by atoms with E-state index in [4.69, 9.17) is 0 Å². The highest BCUT2D eigenvalue weighted by Crippen LogP contribution is 2.39. The topological polar surface area (TPSA) is 105 Å². The molecule has 13 heteroatoms. The third kappa shape index (κ3) is 5.58. The summed E-state index contributed by atoms with van der Waals surface area (Å²) in [5, 5.41) is 10.9. The van der Waals surface area contributed by atoms with Crippen LogP contribution in [0.15, 0.2) is 49.3 Å². The largest absolute Gasteiger partial charge is 0.416 e. The lowest BCUT2D eigenvalue weighted by Gasteiger charge is -2.35. The van der Waals surface area contributed by atoms with Crippen molar-refractivity contribution in [3.05, 3.63) is 71.7 Å². The van der Waals surface area contributed by atoms with Crippen molar-refractivity contribution in [2.24, 2.45) is 0 Å². The van der Waals surface area contributed by atoms with Crippen molar-refractivity contribution in [1.29, 1.82) is 0 Å². The Bertz CT molecular complexity index is 1500. The Morgan fingerprint density at radius 2 is 1.69 bits per heavy atom. The zero-order valence-corrected chi connectivity index (χ0v) is 21.6. The maximum absolute atomic E-state index is 13.9. The van der Waals surface area contributed by atoms with Crippen molar-refractivity contribution in [1.82, 2.24) is 34.8 Å². The number of anilines is 2. The molecule has 1 fully saturated rings. The van der Waals surface area contributed by atoms with Gasteiger partial charge in [-0.3, -0.25) is 9.78 Å². The summed E-state index contributed by atoms with van der Waals surface area (Å²) in [6, 6.07) is 4.14. The number of benzene rings is 1. The zero-order valence-electron chi connectivity index (χ0n) is 21.6. The molecule has 1 aromatic carbocycles. The lowest BCUT2D eigenvalue weighted by molar-refractivity contribution is -0.138. The maximum atomic E-state index is 13.9. The Morgan fingerprint density at radius 3 is 2.38 bits per heavy atom. The van der Waals surface area contributed by atoms with Crippen LogP contribution in [0.5, 0.6) is 0 Å². The van der Waals surface area contributed by atoms with Crippen molar-refractivity contribution in [2.45, 2.75) is 20.0 Å². The van der Waals surface area contributed by atoms with Crippen LogP contribution in [-0.4, -0.2) is 74.0 Å². The average molecular weight is 538 g/mol. The minimum atomic E-state index is -4.57. The Labute approximate surface area is 222 Å². The molecule has 0 saturated carbocycles. The molecule has 0 spiro atoms. The fourth-order valence-electron chi connectivity index (χ4n) is 4.47. The average Bonchev–Trinajstić information content (AvgIpc) is 3.40. The van der Waals surface area contributed by atoms with Gasteiger partial charge in [-0.2, -0.15) is 13.2 Å². The summed E-state index contributed by atoms with van der Waals surface area (Å²) >= 11 is 0. The van der Waals surface area contributed by atoms with Crippen molar-refractivity contribution in [3.8, 4) is 16.9 Å². The molecular weight excluding hydrogens is 511 g/mol. The van der Waals surface area contributed by atoms with Crippen LogP contribution in [0.4, 0.5) is 24.5 Å². The van der Waals surface area contributed by atoms with E-state index in [0.717, 1.165) is 19.2 Å². The molecule has 0 radical (unpaired) electrons. The SMILES string of the molecule is Cc1ncc(C(=O)Nc2cc(N3CCN(C)CC3)c(C)c(C(F)(F)F)c2)cc1-n1cc(-c2cncnc2)nn1. The molecule has 1 saturated heterocycles. The van der Waals surface area contributed by atoms with E-state index in [0.29, 0.717) is 41.4 Å². The first kappa shape index (κ1) is 26.2. The van der Waals surface area contributed by atoms with Crippen LogP contribution in [0.2, 0.25) is 0 Å². The van der Waals surface area contributed by atoms with E-state index in [2.05, 4.69) is 35.5 Å². The second kappa shape index (κ2) is 10.4. The van der Waals surface area contributed by atoms with Crippen LogP contribution in [0.3, 0.4) is 0 Å². The predicted molar refractivity (Wildman–Crippen MR) is 139 cm³/mol. The van der Waals surface area contributed by atoms with Gasteiger partial charge in [-0.1, -0.05) is 5.21 Å². The summed E-state index contributed by atoms with van der Waals surface area (Å²) < 4.78 is 43.3. The molecule has 1 aliphatic heterocycles. The van der Waals surface area contributed by atoms with Crippen LogP contribution in [0.25, 0.3) is 16.9 Å². The molecule has 202 valence electrons. The van der Waals surface area contributed by atoms with Crippen LogP contribution < -0.4 is 10.2 Å². The van der Waals surface area contributed by atoms with Gasteiger partial charge in [0.15, 0.2) is 0 Å². The van der Waals surface area contributed by atoms with Gasteiger partial charge in [-0.05, 0) is 44.7 Å². The first-order valence-corrected chi connectivity index (χ1v) is 12.2. The summed E-state index contributed by atoms with van der Waals surface area (Å²) in [5.74, 6) is -0.596. The van der Waals surface area contributed by atoms with Crippen LogP contribution in [0, 0.1) is 13.8 Å². The Kier molecular flexibility index (Phi) is 7.00. The lowest BCUT2D eigenvalue weighted by atomic mass is 10.0. The number of aryl methyl sites for hydroxylation is 1. The Morgan fingerprint density at radius 1 is 0.974 bits per heavy atom. The Balaban J connectivity index is 1.44. The van der Waals surface area contributed by atoms with E-state index in [9.17, 15) is 18.0 Å². The monoisotopic (exact) mass is 537 g/mol. The highest BCUT2D eigenvalue weighted by Gasteiger charge is 2.35. The quantitative estimate of drug-likeness (QED) is 0.411. The fourth-order valence-corrected chi connectivity index (χ4v) is 4.47. The summed E-state index contributed by atoms with van der Waals surface area (Å²) in [7, 11) is 1.97. The number of hydrogen-bond donors (Lipinski definition) is 1. The standard InChI is InChI=1S/C26H26F3N9O/c1-16-21(26(27,28)29)9-20(10-23(16)37-6-4-36(3)5-7-37)33-25(39)18-8-24(17(2)32-13-18)38-14-22(34-35-38)19-11-30-15-31-12-19/h8-15H,4-7H2,1-3H3,(H,33,39). The van der Waals surface area contributed by atoms with Gasteiger partial charge < -0.3 is 15.1 Å². The van der Waals surface area contributed by atoms with Gasteiger partial charge in [-0.15, -0.1) is 5.10 Å². The highest BCUT2D eigenvalue weighted by molar-refractivity contribution is 6.04. The molecule has 0 bridgehead atoms. The molecule has 0 aliphatic carbocycles. The lowest BCUT2D eigenvalue weighted by Crippen LogP contribution is -2.44. The summed E-state index contributed by atoms with van der Waals surface area (Å²) in [6.45, 7) is 5.86. The molecule has 10 nitrogen and oxygen atoms in total. The smallest absolute Gasteiger partial charge is 0.369 e. The first-order valence-electron chi connectivity index (χ1n) is 12.2. The fraction of sp³-hybridized carbons (Fsp3) is 0.308. The van der Waals surface area contributed by atoms with Gasteiger partial charge >= 0.3 is 6.18 Å². The van der Waals surface area contributed by atoms with Crippen molar-refractivity contribution in [2.75, 3.05) is 43.4 Å². The zero-order chi connectivity index (χ0) is 27.7. The normalized spacial score (nSPS) is 14.5. The number of nitrogens with one attached hydrogen (secondary N) is 1. The number of likely N-dealkylation sites (N-methyl/N-ethyl adjacent to an activating group) is 1. The molecular formula is C26H26F3N9O. The van der Waals surface area contributed by atoms with Crippen LogP contribution in [0.1, 0.15) is 27.2 Å². The van der Waals surface area contributed by atoms with Crippen molar-refractivity contribution < 1.29 is 18.0 Å². The Hall–Kier alpha value is -4.39. The molecule has 0 atom stereocenters. The molecule has 1 amide bonds. The third-order valence-corrected chi connectivity index (χ3v) is 6.71. The molecule has 1 aliphatic rings. The van der Waals surface area contributed by atoms with Gasteiger partial charge in [0.2, 0.25) is 0 Å². The van der Waals surface area contributed by atoms with Crippen LogP contribution >= 0.6 is 0 Å². The molecule has 4 aromatic rings. The van der Waals surface area contributed by atoms with E-state index < -0.39 is 17.6 Å². The van der Waals surface area contributed by atoms with E-state index >= 15 is 0 Å². The highest BCUT2D eigenvalue weighted by atomic mass is 19.4. The molecule has 5 rings (SSSR count). The van der Waals surface area contributed by atoms with Gasteiger partial charge in [0.05, 0.1) is 28.7 Å². The number of hydrogen-bond acceptors (Lipinski definition) is 8. The second-order valence-electron chi connectivity index (χ2n) is 9.41. The van der Waals surface area contributed by atoms with Crippen LogP contribution in [-0.2, 0) is 6.18 Å². The number of piperazine rings is 1. The molecule has 39 heavy (non-hydrogen) atoms. The number of carbonyl (C=O) groups excluding carboxylic acids is 1. The van der Waals surface area contributed by atoms with Crippen molar-refractivity contribution in [3.63, 3.8) is 0 Å². The summed E-state index contributed by atoms with van der Waals surface area (Å²) in [5.41, 5.74) is 2.30. The van der Waals surface area contributed by atoms with Gasteiger partial charge in [-0.25, -0.2) is 14.6 Å². The predicted octanol–water partition coefficient (Wildman–Crippen LogP) is 3.76. The minimum Gasteiger partial charge on any atom is -0.369 e. The van der Waals surface area contributed by atoms with Crippen molar-refractivity contribution >= 4 is 17.3 Å². The molecule has 3 aromatic heterocycles. The number of nitrogens with zero attached hydrogens (tertiary/aromatic N) is 8. The van der Waals surface area contributed by atoms with E-state index in [1.165, 1.54) is 24.1 Å². The number of halogens is 3. The maximum Gasteiger partial charge on any atom is 0.416 e. The van der Waals surface area contributed by atoms with E-state index in [-0.39, 0.29) is 16.8 Å². The second-order valence-corrected chi connectivity index (χ2v) is 9.41. The van der Waals surface area contributed by atoms with Gasteiger partial charge in [0, 0.05) is 61.7 Å². The first-order chi connectivity index (χ1) is 18.6. The minimum absolute atomic E-state index is 0.0566. The van der Waals surface area contributed by atoms with E-state index in [1.54, 1.807) is 37.6 Å². The number of aromatic nitrogens is 6. The summed E-state index contributed by atoms with van der Waals surface area (Å²) in [4.78, 5) is 29.5. The third-order valence-electron chi connectivity index (χ3n) is 6.71. The molecule has 1 N–H and O–H groups in total. The number of alkyl halides is 3. The number of pyridine rings is 1.